The molecule has 5 heteroatoms. The predicted molar refractivity (Wildman–Crippen MR) is 85.9 cm³/mol. The summed E-state index contributed by atoms with van der Waals surface area (Å²) in [6.07, 6.45) is 5.13. The van der Waals surface area contributed by atoms with Gasteiger partial charge in [-0.3, -0.25) is 4.98 Å². The van der Waals surface area contributed by atoms with E-state index in [1.54, 1.807) is 12.4 Å². The van der Waals surface area contributed by atoms with Gasteiger partial charge in [-0.05, 0) is 36.6 Å². The Morgan fingerprint density at radius 2 is 1.91 bits per heavy atom. The molecule has 2 aromatic rings. The zero-order valence-electron chi connectivity index (χ0n) is 12.2. The molecule has 0 spiro atoms. The largest absolute Gasteiger partial charge is 0.383 e. The van der Waals surface area contributed by atoms with Gasteiger partial charge < -0.3 is 10.1 Å². The van der Waals surface area contributed by atoms with E-state index in [0.29, 0.717) is 18.2 Å². The Morgan fingerprint density at radius 3 is 2.59 bits per heavy atom. The Balaban J connectivity index is 1.83. The molecule has 0 amide bonds. The highest BCUT2D eigenvalue weighted by atomic mass is 35.5. The highest BCUT2D eigenvalue weighted by Gasteiger charge is 2.34. The summed E-state index contributed by atoms with van der Waals surface area (Å²) in [4.78, 5) is 3.99. The summed E-state index contributed by atoms with van der Waals surface area (Å²) < 4.78 is 18.7. The normalized spacial score (nSPS) is 17.2. The van der Waals surface area contributed by atoms with Crippen LogP contribution < -0.4 is 5.32 Å². The van der Waals surface area contributed by atoms with Crippen molar-refractivity contribution in [3.8, 4) is 0 Å². The third kappa shape index (κ3) is 3.23. The van der Waals surface area contributed by atoms with Crippen LogP contribution in [0, 0.1) is 5.82 Å². The van der Waals surface area contributed by atoms with Gasteiger partial charge in [0.15, 0.2) is 0 Å². The third-order valence-corrected chi connectivity index (χ3v) is 4.60. The molecule has 1 fully saturated rings. The van der Waals surface area contributed by atoms with E-state index in [4.69, 9.17) is 16.3 Å². The van der Waals surface area contributed by atoms with E-state index in [9.17, 15) is 4.39 Å². The van der Waals surface area contributed by atoms with Crippen LogP contribution in [-0.2, 0) is 10.2 Å². The molecule has 0 unspecified atom stereocenters. The maximum Gasteiger partial charge on any atom is 0.123 e. The van der Waals surface area contributed by atoms with E-state index in [1.165, 1.54) is 12.1 Å². The van der Waals surface area contributed by atoms with E-state index >= 15 is 0 Å². The molecule has 1 aromatic heterocycles. The summed E-state index contributed by atoms with van der Waals surface area (Å²) in [6.45, 7) is 2.15. The van der Waals surface area contributed by atoms with Gasteiger partial charge in [0.1, 0.15) is 5.82 Å². The summed E-state index contributed by atoms with van der Waals surface area (Å²) >= 11 is 6.15. The lowest BCUT2D eigenvalue weighted by molar-refractivity contribution is 0.0544. The van der Waals surface area contributed by atoms with E-state index < -0.39 is 0 Å². The van der Waals surface area contributed by atoms with Crippen molar-refractivity contribution in [1.82, 2.24) is 4.98 Å². The fourth-order valence-electron chi connectivity index (χ4n) is 2.92. The van der Waals surface area contributed by atoms with Crippen LogP contribution in [0.5, 0.6) is 0 Å². The molecule has 1 aliphatic rings. The van der Waals surface area contributed by atoms with Gasteiger partial charge in [-0.15, -0.1) is 0 Å². The van der Waals surface area contributed by atoms with Crippen LogP contribution in [0.3, 0.4) is 0 Å². The number of aromatic nitrogens is 1. The molecule has 0 bridgehead atoms. The molecule has 22 heavy (non-hydrogen) atoms. The standard InChI is InChI=1S/C17H18ClFN2O/c18-15-11-20-8-5-16(15)21-12-17(6-9-22-10-7-17)13-1-3-14(19)4-2-13/h1-5,8,11H,6-7,9-10,12H2,(H,20,21). The number of hydrogen-bond acceptors (Lipinski definition) is 3. The Labute approximate surface area is 134 Å². The van der Waals surface area contributed by atoms with E-state index in [0.717, 1.165) is 30.6 Å². The van der Waals surface area contributed by atoms with Gasteiger partial charge in [-0.25, -0.2) is 4.39 Å². The van der Waals surface area contributed by atoms with E-state index in [2.05, 4.69) is 10.3 Å². The average molecular weight is 321 g/mol. The Morgan fingerprint density at radius 1 is 1.18 bits per heavy atom. The van der Waals surface area contributed by atoms with Crippen LogP contribution in [-0.4, -0.2) is 24.7 Å². The van der Waals surface area contributed by atoms with Crippen molar-refractivity contribution in [2.75, 3.05) is 25.1 Å². The second-order valence-electron chi connectivity index (χ2n) is 5.61. The van der Waals surface area contributed by atoms with Gasteiger partial charge in [0, 0.05) is 37.6 Å². The van der Waals surface area contributed by atoms with Gasteiger partial charge in [-0.2, -0.15) is 0 Å². The highest BCUT2D eigenvalue weighted by molar-refractivity contribution is 6.33. The number of halogens is 2. The molecular formula is C17H18ClFN2O. The summed E-state index contributed by atoms with van der Waals surface area (Å²) in [5, 5.41) is 4.02. The maximum absolute atomic E-state index is 13.2. The summed E-state index contributed by atoms with van der Waals surface area (Å²) in [6, 6.07) is 8.64. The molecule has 0 aliphatic carbocycles. The molecule has 3 nitrogen and oxygen atoms in total. The van der Waals surface area contributed by atoms with Gasteiger partial charge in [0.25, 0.3) is 0 Å². The van der Waals surface area contributed by atoms with Crippen LogP contribution in [0.2, 0.25) is 5.02 Å². The predicted octanol–water partition coefficient (Wildman–Crippen LogP) is 4.03. The Kier molecular flexibility index (Phi) is 4.60. The lowest BCUT2D eigenvalue weighted by Gasteiger charge is -2.38. The zero-order chi connectivity index (χ0) is 15.4. The topological polar surface area (TPSA) is 34.2 Å². The highest BCUT2D eigenvalue weighted by Crippen LogP contribution is 2.35. The molecule has 2 heterocycles. The van der Waals surface area contributed by atoms with Crippen LogP contribution in [0.15, 0.2) is 42.7 Å². The van der Waals surface area contributed by atoms with Crippen molar-refractivity contribution in [2.24, 2.45) is 0 Å². The van der Waals surface area contributed by atoms with E-state index in [1.807, 2.05) is 18.2 Å². The fraction of sp³-hybridized carbons (Fsp3) is 0.353. The molecule has 0 atom stereocenters. The number of rotatable bonds is 4. The molecular weight excluding hydrogens is 303 g/mol. The third-order valence-electron chi connectivity index (χ3n) is 4.30. The van der Waals surface area contributed by atoms with Gasteiger partial charge in [0.05, 0.1) is 10.7 Å². The molecule has 3 rings (SSSR count). The first-order valence-corrected chi connectivity index (χ1v) is 7.75. The second kappa shape index (κ2) is 6.63. The van der Waals surface area contributed by atoms with Crippen molar-refractivity contribution < 1.29 is 9.13 Å². The SMILES string of the molecule is Fc1ccc(C2(CNc3ccncc3Cl)CCOCC2)cc1. The average Bonchev–Trinajstić information content (AvgIpc) is 2.56. The summed E-state index contributed by atoms with van der Waals surface area (Å²) in [5.41, 5.74) is 1.93. The van der Waals surface area contributed by atoms with Gasteiger partial charge in [-0.1, -0.05) is 23.7 Å². The quantitative estimate of drug-likeness (QED) is 0.923. The molecule has 1 N–H and O–H groups in total. The first-order valence-electron chi connectivity index (χ1n) is 7.37. The molecule has 1 aliphatic heterocycles. The maximum atomic E-state index is 13.2. The van der Waals surface area contributed by atoms with Crippen molar-refractivity contribution in [1.29, 1.82) is 0 Å². The number of ether oxygens (including phenoxy) is 1. The zero-order valence-corrected chi connectivity index (χ0v) is 12.9. The molecule has 1 aromatic carbocycles. The van der Waals surface area contributed by atoms with Crippen molar-refractivity contribution in [3.05, 3.63) is 59.1 Å². The minimum absolute atomic E-state index is 0.0709. The second-order valence-corrected chi connectivity index (χ2v) is 6.02. The van der Waals surface area contributed by atoms with Crippen LogP contribution >= 0.6 is 11.6 Å². The number of anilines is 1. The van der Waals surface area contributed by atoms with Gasteiger partial charge in [0.2, 0.25) is 0 Å². The molecule has 116 valence electrons. The molecule has 1 saturated heterocycles. The van der Waals surface area contributed by atoms with E-state index in [-0.39, 0.29) is 11.2 Å². The number of hydrogen-bond donors (Lipinski definition) is 1. The lowest BCUT2D eigenvalue weighted by atomic mass is 9.74. The van der Waals surface area contributed by atoms with Crippen LogP contribution in [0.25, 0.3) is 0 Å². The number of nitrogens with zero attached hydrogens (tertiary/aromatic N) is 1. The minimum Gasteiger partial charge on any atom is -0.383 e. The van der Waals surface area contributed by atoms with Crippen LogP contribution in [0.4, 0.5) is 10.1 Å². The fourth-order valence-corrected chi connectivity index (χ4v) is 3.10. The first-order chi connectivity index (χ1) is 10.7. The van der Waals surface area contributed by atoms with Gasteiger partial charge >= 0.3 is 0 Å². The summed E-state index contributed by atoms with van der Waals surface area (Å²) in [7, 11) is 0. The van der Waals surface area contributed by atoms with Crippen molar-refractivity contribution in [2.45, 2.75) is 18.3 Å². The number of nitrogens with one attached hydrogen (secondary N) is 1. The Bertz CT molecular complexity index is 627. The number of benzene rings is 1. The van der Waals surface area contributed by atoms with Crippen molar-refractivity contribution >= 4 is 17.3 Å². The smallest absolute Gasteiger partial charge is 0.123 e. The first kappa shape index (κ1) is 15.3. The lowest BCUT2D eigenvalue weighted by Crippen LogP contribution is -2.40. The minimum atomic E-state index is -0.212. The van der Waals surface area contributed by atoms with Crippen molar-refractivity contribution in [3.63, 3.8) is 0 Å². The monoisotopic (exact) mass is 320 g/mol. The number of pyridine rings is 1. The molecule has 0 radical (unpaired) electrons. The Hall–Kier alpha value is -1.65. The summed E-state index contributed by atoms with van der Waals surface area (Å²) in [5.74, 6) is -0.212. The van der Waals surface area contributed by atoms with Crippen LogP contribution in [0.1, 0.15) is 18.4 Å². The molecule has 0 saturated carbocycles.